The average molecular weight is 409 g/mol. The van der Waals surface area contributed by atoms with Crippen LogP contribution in [0.3, 0.4) is 0 Å². The van der Waals surface area contributed by atoms with E-state index in [0.717, 1.165) is 16.7 Å². The summed E-state index contributed by atoms with van der Waals surface area (Å²) in [5.41, 5.74) is 4.37. The number of amides is 1. The molecule has 0 spiro atoms. The fourth-order valence-corrected chi connectivity index (χ4v) is 4.48. The van der Waals surface area contributed by atoms with Crippen LogP contribution in [-0.2, 0) is 21.2 Å². The number of nitrogens with one attached hydrogen (secondary N) is 2. The van der Waals surface area contributed by atoms with E-state index in [-0.39, 0.29) is 17.2 Å². The number of benzene rings is 3. The van der Waals surface area contributed by atoms with Gasteiger partial charge in [-0.1, -0.05) is 54.1 Å². The fraction of sp³-hybridized carbons (Fsp3) is 0.174. The third kappa shape index (κ3) is 5.23. The molecule has 0 atom stereocenters. The summed E-state index contributed by atoms with van der Waals surface area (Å²) in [5.74, 6) is -0.203. The molecular formula is C23H24N2O3S. The highest BCUT2D eigenvalue weighted by atomic mass is 32.2. The maximum absolute atomic E-state index is 13.0. The van der Waals surface area contributed by atoms with Crippen LogP contribution in [-0.4, -0.2) is 14.3 Å². The predicted octanol–water partition coefficient (Wildman–Crippen LogP) is 4.59. The van der Waals surface area contributed by atoms with Gasteiger partial charge in [0.15, 0.2) is 0 Å². The third-order valence-electron chi connectivity index (χ3n) is 4.60. The van der Waals surface area contributed by atoms with Gasteiger partial charge in [0.05, 0.1) is 17.0 Å². The largest absolute Gasteiger partial charge is 0.326 e. The Morgan fingerprint density at radius 3 is 2.28 bits per heavy atom. The number of sulfonamides is 1. The van der Waals surface area contributed by atoms with Crippen LogP contribution in [0, 0.1) is 20.8 Å². The van der Waals surface area contributed by atoms with Crippen LogP contribution in [0.15, 0.2) is 71.6 Å². The second-order valence-corrected chi connectivity index (χ2v) is 8.77. The first-order valence-electron chi connectivity index (χ1n) is 9.29. The van der Waals surface area contributed by atoms with Crippen molar-refractivity contribution in [3.8, 4) is 0 Å². The zero-order valence-corrected chi connectivity index (χ0v) is 17.5. The minimum Gasteiger partial charge on any atom is -0.326 e. The van der Waals surface area contributed by atoms with Crippen molar-refractivity contribution in [3.63, 3.8) is 0 Å². The molecule has 0 saturated heterocycles. The maximum Gasteiger partial charge on any atom is 0.262 e. The van der Waals surface area contributed by atoms with Gasteiger partial charge in [0.1, 0.15) is 0 Å². The van der Waals surface area contributed by atoms with Crippen molar-refractivity contribution in [1.29, 1.82) is 0 Å². The molecule has 2 N–H and O–H groups in total. The van der Waals surface area contributed by atoms with Crippen LogP contribution in [0.1, 0.15) is 22.3 Å². The number of hydrogen-bond donors (Lipinski definition) is 2. The van der Waals surface area contributed by atoms with Gasteiger partial charge in [-0.15, -0.1) is 0 Å². The fourth-order valence-electron chi connectivity index (χ4n) is 3.08. The second-order valence-electron chi connectivity index (χ2n) is 7.11. The first kappa shape index (κ1) is 20.6. The Morgan fingerprint density at radius 1 is 0.862 bits per heavy atom. The van der Waals surface area contributed by atoms with Crippen molar-refractivity contribution in [2.75, 3.05) is 10.0 Å². The zero-order valence-electron chi connectivity index (χ0n) is 16.7. The molecule has 0 bridgehead atoms. The van der Waals surface area contributed by atoms with Crippen molar-refractivity contribution in [3.05, 3.63) is 89.0 Å². The lowest BCUT2D eigenvalue weighted by atomic mass is 10.1. The van der Waals surface area contributed by atoms with Gasteiger partial charge in [-0.2, -0.15) is 0 Å². The highest BCUT2D eigenvalue weighted by molar-refractivity contribution is 7.92. The Kier molecular flexibility index (Phi) is 6.03. The second kappa shape index (κ2) is 8.49. The maximum atomic E-state index is 13.0. The summed E-state index contributed by atoms with van der Waals surface area (Å²) in [7, 11) is -3.80. The van der Waals surface area contributed by atoms with Gasteiger partial charge in [-0.25, -0.2) is 8.42 Å². The molecule has 29 heavy (non-hydrogen) atoms. The molecule has 0 aliphatic carbocycles. The van der Waals surface area contributed by atoms with Crippen molar-refractivity contribution in [2.24, 2.45) is 0 Å². The predicted molar refractivity (Wildman–Crippen MR) is 117 cm³/mol. The number of anilines is 2. The first-order valence-corrected chi connectivity index (χ1v) is 10.8. The van der Waals surface area contributed by atoms with Crippen LogP contribution in [0.2, 0.25) is 0 Å². The third-order valence-corrected chi connectivity index (χ3v) is 6.10. The highest BCUT2D eigenvalue weighted by Crippen LogP contribution is 2.25. The van der Waals surface area contributed by atoms with Crippen LogP contribution in [0.25, 0.3) is 0 Å². The van der Waals surface area contributed by atoms with Crippen LogP contribution < -0.4 is 10.0 Å². The zero-order chi connectivity index (χ0) is 21.0. The Labute approximate surface area is 171 Å². The van der Waals surface area contributed by atoms with Crippen molar-refractivity contribution in [2.45, 2.75) is 32.1 Å². The number of rotatable bonds is 6. The summed E-state index contributed by atoms with van der Waals surface area (Å²) in [4.78, 5) is 12.5. The van der Waals surface area contributed by atoms with E-state index >= 15 is 0 Å². The van der Waals surface area contributed by atoms with Gasteiger partial charge in [0, 0.05) is 5.69 Å². The van der Waals surface area contributed by atoms with Crippen molar-refractivity contribution in [1.82, 2.24) is 0 Å². The van der Waals surface area contributed by atoms with Gasteiger partial charge in [-0.05, 0) is 55.7 Å². The van der Waals surface area contributed by atoms with Crippen molar-refractivity contribution < 1.29 is 13.2 Å². The normalized spacial score (nSPS) is 11.1. The molecule has 5 nitrogen and oxygen atoms in total. The van der Waals surface area contributed by atoms with Crippen LogP contribution in [0.4, 0.5) is 11.4 Å². The molecule has 0 radical (unpaired) electrons. The topological polar surface area (TPSA) is 75.3 Å². The molecule has 0 fully saturated rings. The lowest BCUT2D eigenvalue weighted by molar-refractivity contribution is -0.115. The molecule has 0 saturated carbocycles. The van der Waals surface area contributed by atoms with E-state index in [1.165, 1.54) is 6.07 Å². The van der Waals surface area contributed by atoms with E-state index in [4.69, 9.17) is 0 Å². The Balaban J connectivity index is 1.81. The minimum atomic E-state index is -3.80. The molecule has 1 amide bonds. The van der Waals surface area contributed by atoms with Crippen molar-refractivity contribution >= 4 is 27.3 Å². The van der Waals surface area contributed by atoms with Gasteiger partial charge in [0.25, 0.3) is 10.0 Å². The van der Waals surface area contributed by atoms with E-state index in [9.17, 15) is 13.2 Å². The lowest BCUT2D eigenvalue weighted by Gasteiger charge is -2.14. The molecule has 3 aromatic carbocycles. The molecular weight excluding hydrogens is 384 g/mol. The number of hydrogen-bond acceptors (Lipinski definition) is 3. The van der Waals surface area contributed by atoms with E-state index in [1.807, 2.05) is 56.3 Å². The molecule has 0 aliphatic heterocycles. The first-order chi connectivity index (χ1) is 13.7. The summed E-state index contributed by atoms with van der Waals surface area (Å²) in [5, 5.41) is 2.78. The van der Waals surface area contributed by atoms with Crippen LogP contribution >= 0.6 is 0 Å². The summed E-state index contributed by atoms with van der Waals surface area (Å²) in [6, 6.07) is 19.8. The summed E-state index contributed by atoms with van der Waals surface area (Å²) in [6.07, 6.45) is 0.220. The number of carbonyl (C=O) groups excluding carboxylic acids is 1. The molecule has 3 rings (SSSR count). The molecule has 6 heteroatoms. The Hall–Kier alpha value is -3.12. The van der Waals surface area contributed by atoms with Gasteiger partial charge in [-0.3, -0.25) is 9.52 Å². The molecule has 0 aromatic heterocycles. The Morgan fingerprint density at radius 2 is 1.59 bits per heavy atom. The van der Waals surface area contributed by atoms with E-state index in [1.54, 1.807) is 25.1 Å². The molecule has 3 aromatic rings. The van der Waals surface area contributed by atoms with Gasteiger partial charge < -0.3 is 5.32 Å². The molecule has 0 aliphatic rings. The standard InChI is InChI=1S/C23H24N2O3S/c1-16-9-12-21(18(3)13-16)25-29(27,28)22-15-20(11-10-17(22)2)24-23(26)14-19-7-5-4-6-8-19/h4-13,15,25H,14H2,1-3H3,(H,24,26). The van der Waals surface area contributed by atoms with E-state index < -0.39 is 10.0 Å². The Bertz CT molecular complexity index is 1140. The number of aryl methyl sites for hydroxylation is 3. The minimum absolute atomic E-state index is 0.134. The molecule has 150 valence electrons. The van der Waals surface area contributed by atoms with Crippen LogP contribution in [0.5, 0.6) is 0 Å². The molecule has 0 heterocycles. The van der Waals surface area contributed by atoms with Gasteiger partial charge >= 0.3 is 0 Å². The van der Waals surface area contributed by atoms with E-state index in [0.29, 0.717) is 16.9 Å². The number of carbonyl (C=O) groups is 1. The molecule has 0 unspecified atom stereocenters. The van der Waals surface area contributed by atoms with E-state index in [2.05, 4.69) is 10.0 Å². The monoisotopic (exact) mass is 408 g/mol. The summed E-state index contributed by atoms with van der Waals surface area (Å²) < 4.78 is 28.6. The summed E-state index contributed by atoms with van der Waals surface area (Å²) >= 11 is 0. The SMILES string of the molecule is Cc1ccc(NS(=O)(=O)c2cc(NC(=O)Cc3ccccc3)ccc2C)c(C)c1. The highest BCUT2D eigenvalue weighted by Gasteiger charge is 2.19. The quantitative estimate of drug-likeness (QED) is 0.626. The van der Waals surface area contributed by atoms with Gasteiger partial charge in [0.2, 0.25) is 5.91 Å². The lowest BCUT2D eigenvalue weighted by Crippen LogP contribution is -2.17. The average Bonchev–Trinajstić information content (AvgIpc) is 2.66. The summed E-state index contributed by atoms with van der Waals surface area (Å²) in [6.45, 7) is 5.54. The smallest absolute Gasteiger partial charge is 0.262 e.